The van der Waals surface area contributed by atoms with Crippen LogP contribution in [0, 0.1) is 6.92 Å². The molecule has 2 aromatic heterocycles. The number of hydrogen-bond acceptors (Lipinski definition) is 8. The molecular weight excluding hydrogens is 322 g/mol. The largest absolute Gasteiger partial charge is 0.453 e. The zero-order valence-corrected chi connectivity index (χ0v) is 14.5. The maximum Gasteiger partial charge on any atom is 0.316 e. The van der Waals surface area contributed by atoms with Gasteiger partial charge >= 0.3 is 6.01 Å². The van der Waals surface area contributed by atoms with Crippen molar-refractivity contribution < 1.29 is 9.53 Å². The maximum atomic E-state index is 11.7. The summed E-state index contributed by atoms with van der Waals surface area (Å²) in [5.74, 6) is 1.08. The number of amides is 1. The fourth-order valence-corrected chi connectivity index (χ4v) is 1.91. The number of nitrogens with one attached hydrogen (secondary N) is 3. The number of carbonyl (C=O) groups excluding carboxylic acids is 1. The average Bonchev–Trinajstić information content (AvgIpc) is 2.62. The summed E-state index contributed by atoms with van der Waals surface area (Å²) in [4.78, 5) is 28.2. The first-order valence-corrected chi connectivity index (χ1v) is 8.17. The predicted octanol–water partition coefficient (Wildman–Crippen LogP) is 1.00. The minimum atomic E-state index is -0.238. The molecule has 0 aliphatic rings. The second-order valence-corrected chi connectivity index (χ2v) is 5.24. The third-order valence-electron chi connectivity index (χ3n) is 3.02. The molecule has 134 valence electrons. The lowest BCUT2D eigenvalue weighted by Gasteiger charge is -2.10. The second-order valence-electron chi connectivity index (χ2n) is 5.24. The van der Waals surface area contributed by atoms with Crippen molar-refractivity contribution in [1.82, 2.24) is 25.3 Å². The molecule has 2 rings (SSSR count). The molecule has 0 aliphatic heterocycles. The van der Waals surface area contributed by atoms with Crippen LogP contribution in [0.2, 0.25) is 0 Å². The second kappa shape index (κ2) is 10.0. The fourth-order valence-electron chi connectivity index (χ4n) is 1.91. The van der Waals surface area contributed by atoms with E-state index in [9.17, 15) is 4.79 Å². The minimum Gasteiger partial charge on any atom is -0.453 e. The summed E-state index contributed by atoms with van der Waals surface area (Å²) in [5, 5.41) is 9.06. The van der Waals surface area contributed by atoms with E-state index in [0.717, 1.165) is 18.7 Å². The van der Waals surface area contributed by atoms with E-state index in [1.54, 1.807) is 18.5 Å². The van der Waals surface area contributed by atoms with Crippen LogP contribution < -0.4 is 20.7 Å². The van der Waals surface area contributed by atoms with E-state index in [1.807, 2.05) is 13.0 Å². The number of rotatable bonds is 10. The average molecular weight is 345 g/mol. The molecule has 0 atom stereocenters. The lowest BCUT2D eigenvalue weighted by Crippen LogP contribution is -2.33. The van der Waals surface area contributed by atoms with Gasteiger partial charge in [-0.05, 0) is 19.4 Å². The van der Waals surface area contributed by atoms with Gasteiger partial charge in [0.15, 0.2) is 6.61 Å². The zero-order chi connectivity index (χ0) is 17.9. The zero-order valence-electron chi connectivity index (χ0n) is 14.5. The highest BCUT2D eigenvalue weighted by atomic mass is 16.5. The third-order valence-corrected chi connectivity index (χ3v) is 3.02. The van der Waals surface area contributed by atoms with Crippen LogP contribution in [0.1, 0.15) is 19.0 Å². The molecule has 3 N–H and O–H groups in total. The van der Waals surface area contributed by atoms with Crippen molar-refractivity contribution in [3.05, 3.63) is 30.2 Å². The van der Waals surface area contributed by atoms with Gasteiger partial charge in [0.2, 0.25) is 5.95 Å². The van der Waals surface area contributed by atoms with Gasteiger partial charge in [0.05, 0.1) is 0 Å². The van der Waals surface area contributed by atoms with E-state index >= 15 is 0 Å². The van der Waals surface area contributed by atoms with Gasteiger partial charge in [0, 0.05) is 43.8 Å². The molecule has 9 heteroatoms. The van der Waals surface area contributed by atoms with Gasteiger partial charge in [-0.3, -0.25) is 4.79 Å². The van der Waals surface area contributed by atoms with Crippen molar-refractivity contribution in [1.29, 1.82) is 0 Å². The molecule has 0 aromatic carbocycles. The Kier molecular flexibility index (Phi) is 7.36. The number of hydrogen-bond donors (Lipinski definition) is 3. The summed E-state index contributed by atoms with van der Waals surface area (Å²) >= 11 is 0. The highest BCUT2D eigenvalue weighted by Gasteiger charge is 2.04. The molecule has 0 saturated carbocycles. The van der Waals surface area contributed by atoms with Crippen LogP contribution in [0.4, 0.5) is 11.8 Å². The summed E-state index contributed by atoms with van der Waals surface area (Å²) in [7, 11) is 0. The first-order chi connectivity index (χ1) is 12.2. The Hall–Kier alpha value is -2.97. The first-order valence-electron chi connectivity index (χ1n) is 8.17. The van der Waals surface area contributed by atoms with Crippen LogP contribution in [0.3, 0.4) is 0 Å². The number of nitrogens with zero attached hydrogens (tertiary/aromatic N) is 4. The van der Waals surface area contributed by atoms with Crippen molar-refractivity contribution in [2.24, 2.45) is 0 Å². The molecule has 0 bridgehead atoms. The van der Waals surface area contributed by atoms with E-state index in [0.29, 0.717) is 24.9 Å². The number of aryl methyl sites for hydroxylation is 1. The lowest BCUT2D eigenvalue weighted by atomic mass is 10.4. The Bertz CT molecular complexity index is 667. The molecule has 9 nitrogen and oxygen atoms in total. The highest BCUT2D eigenvalue weighted by molar-refractivity contribution is 5.77. The summed E-state index contributed by atoms with van der Waals surface area (Å²) in [6.07, 6.45) is 4.11. The number of ether oxygens (including phenoxy) is 1. The van der Waals surface area contributed by atoms with E-state index in [4.69, 9.17) is 4.74 Å². The van der Waals surface area contributed by atoms with Crippen LogP contribution in [0.25, 0.3) is 0 Å². The summed E-state index contributed by atoms with van der Waals surface area (Å²) in [6.45, 7) is 5.68. The summed E-state index contributed by atoms with van der Waals surface area (Å²) in [5.41, 5.74) is 0.872. The normalized spacial score (nSPS) is 10.2. The minimum absolute atomic E-state index is 0.123. The van der Waals surface area contributed by atoms with E-state index in [-0.39, 0.29) is 18.5 Å². The standard InChI is InChI=1S/C16H23N7O2/c1-3-5-19-15-22-12(2)10-13(23-15)17-8-9-18-14(24)11-25-16-20-6-4-7-21-16/h4,6-7,10H,3,5,8-9,11H2,1-2H3,(H,18,24)(H2,17,19,22,23). The molecule has 25 heavy (non-hydrogen) atoms. The molecule has 0 radical (unpaired) electrons. The number of carbonyl (C=O) groups is 1. The molecule has 0 unspecified atom stereocenters. The quantitative estimate of drug-likeness (QED) is 0.547. The third kappa shape index (κ3) is 6.98. The maximum absolute atomic E-state index is 11.7. The van der Waals surface area contributed by atoms with Crippen LogP contribution in [-0.4, -0.2) is 52.1 Å². The van der Waals surface area contributed by atoms with Crippen molar-refractivity contribution in [3.8, 4) is 6.01 Å². The van der Waals surface area contributed by atoms with Crippen LogP contribution >= 0.6 is 0 Å². The van der Waals surface area contributed by atoms with Crippen LogP contribution in [0.15, 0.2) is 24.5 Å². The Morgan fingerprint density at radius 2 is 1.92 bits per heavy atom. The van der Waals surface area contributed by atoms with Crippen LogP contribution in [-0.2, 0) is 4.79 Å². The van der Waals surface area contributed by atoms with Crippen molar-refractivity contribution >= 4 is 17.7 Å². The smallest absolute Gasteiger partial charge is 0.316 e. The molecule has 0 spiro atoms. The number of aromatic nitrogens is 4. The Morgan fingerprint density at radius 1 is 1.12 bits per heavy atom. The topological polar surface area (TPSA) is 114 Å². The lowest BCUT2D eigenvalue weighted by molar-refractivity contribution is -0.123. The van der Waals surface area contributed by atoms with Gasteiger partial charge < -0.3 is 20.7 Å². The Labute approximate surface area is 146 Å². The van der Waals surface area contributed by atoms with Crippen molar-refractivity contribution in [3.63, 3.8) is 0 Å². The van der Waals surface area contributed by atoms with Gasteiger partial charge in [-0.1, -0.05) is 6.92 Å². The fraction of sp³-hybridized carbons (Fsp3) is 0.438. The Morgan fingerprint density at radius 3 is 2.68 bits per heavy atom. The molecular formula is C16H23N7O2. The van der Waals surface area contributed by atoms with Crippen molar-refractivity contribution in [2.75, 3.05) is 36.9 Å². The predicted molar refractivity (Wildman–Crippen MR) is 94.6 cm³/mol. The molecule has 2 heterocycles. The molecule has 0 saturated heterocycles. The highest BCUT2D eigenvalue weighted by Crippen LogP contribution is 2.09. The molecule has 1 amide bonds. The van der Waals surface area contributed by atoms with E-state index in [2.05, 4.69) is 42.8 Å². The molecule has 0 fully saturated rings. The van der Waals surface area contributed by atoms with E-state index < -0.39 is 0 Å². The van der Waals surface area contributed by atoms with Gasteiger partial charge in [-0.25, -0.2) is 15.0 Å². The Balaban J connectivity index is 1.68. The summed E-state index contributed by atoms with van der Waals surface area (Å²) < 4.78 is 5.17. The molecule has 0 aliphatic carbocycles. The van der Waals surface area contributed by atoms with Gasteiger partial charge in [-0.2, -0.15) is 4.98 Å². The van der Waals surface area contributed by atoms with Gasteiger partial charge in [-0.15, -0.1) is 0 Å². The summed E-state index contributed by atoms with van der Waals surface area (Å²) in [6, 6.07) is 3.71. The van der Waals surface area contributed by atoms with Crippen molar-refractivity contribution in [2.45, 2.75) is 20.3 Å². The van der Waals surface area contributed by atoms with E-state index in [1.165, 1.54) is 0 Å². The SMILES string of the molecule is CCCNc1nc(C)cc(NCCNC(=O)COc2ncccn2)n1. The van der Waals surface area contributed by atoms with Gasteiger partial charge in [0.1, 0.15) is 5.82 Å². The van der Waals surface area contributed by atoms with Crippen LogP contribution in [0.5, 0.6) is 6.01 Å². The number of anilines is 2. The van der Waals surface area contributed by atoms with Gasteiger partial charge in [0.25, 0.3) is 5.91 Å². The first kappa shape index (κ1) is 18.4. The molecule has 2 aromatic rings. The monoisotopic (exact) mass is 345 g/mol.